The van der Waals surface area contributed by atoms with Crippen LogP contribution in [0.15, 0.2) is 29.2 Å². The summed E-state index contributed by atoms with van der Waals surface area (Å²) in [5.74, 6) is -0.739. The lowest BCUT2D eigenvalue weighted by Crippen LogP contribution is -2.52. The van der Waals surface area contributed by atoms with Crippen LogP contribution in [-0.4, -0.2) is 46.4 Å². The summed E-state index contributed by atoms with van der Waals surface area (Å²) >= 11 is 0. The molecule has 27 heavy (non-hydrogen) atoms. The highest BCUT2D eigenvalue weighted by atomic mass is 35.5. The van der Waals surface area contributed by atoms with E-state index < -0.39 is 34.6 Å². The molecule has 154 valence electrons. The molecule has 3 N–H and O–H groups in total. The van der Waals surface area contributed by atoms with Crippen molar-refractivity contribution < 1.29 is 31.1 Å². The first kappa shape index (κ1) is 23.5. The topological polar surface area (TPSA) is 96.5 Å². The van der Waals surface area contributed by atoms with E-state index in [-0.39, 0.29) is 29.3 Å². The van der Waals surface area contributed by atoms with Gasteiger partial charge in [0.05, 0.1) is 11.4 Å². The third-order valence-electron chi connectivity index (χ3n) is 3.96. The molecular weight excluding hydrogens is 411 g/mol. The van der Waals surface area contributed by atoms with Crippen molar-refractivity contribution >= 4 is 28.3 Å². The average Bonchev–Trinajstić information content (AvgIpc) is 2.54. The van der Waals surface area contributed by atoms with Crippen LogP contribution >= 0.6 is 12.4 Å². The summed E-state index contributed by atoms with van der Waals surface area (Å²) in [5, 5.41) is 5.90. The maximum Gasteiger partial charge on any atom is 0.573 e. The standard InChI is InChI=1S/C15H20F3N3O4S.ClH/c1-10-6-7-19-8-13(10)21-14(22)9-20-26(23,24)12-4-2-11(3-5-12)25-15(16,17)18;/h2-5,10,13,19-20H,6-9H2,1H3,(H,21,22);1H. The lowest BCUT2D eigenvalue weighted by Gasteiger charge is -2.30. The molecule has 1 aromatic rings. The van der Waals surface area contributed by atoms with Crippen LogP contribution in [0.5, 0.6) is 5.75 Å². The van der Waals surface area contributed by atoms with Gasteiger partial charge >= 0.3 is 6.36 Å². The van der Waals surface area contributed by atoms with E-state index in [0.717, 1.165) is 37.2 Å². The van der Waals surface area contributed by atoms with E-state index in [4.69, 9.17) is 0 Å². The molecule has 1 aliphatic rings. The molecule has 0 aromatic heterocycles. The predicted octanol–water partition coefficient (Wildman–Crippen LogP) is 1.40. The van der Waals surface area contributed by atoms with Gasteiger partial charge in [-0.25, -0.2) is 13.1 Å². The van der Waals surface area contributed by atoms with Crippen molar-refractivity contribution in [1.82, 2.24) is 15.4 Å². The van der Waals surface area contributed by atoms with E-state index in [1.165, 1.54) is 0 Å². The Morgan fingerprint density at radius 3 is 2.48 bits per heavy atom. The number of nitrogens with one attached hydrogen (secondary N) is 3. The van der Waals surface area contributed by atoms with E-state index in [1.807, 2.05) is 6.92 Å². The van der Waals surface area contributed by atoms with Crippen molar-refractivity contribution in [3.63, 3.8) is 0 Å². The molecule has 1 fully saturated rings. The normalized spacial score (nSPS) is 20.4. The fraction of sp³-hybridized carbons (Fsp3) is 0.533. The Morgan fingerprint density at radius 2 is 1.93 bits per heavy atom. The molecule has 0 radical (unpaired) electrons. The number of benzene rings is 1. The number of rotatable bonds is 6. The van der Waals surface area contributed by atoms with Gasteiger partial charge in [0.25, 0.3) is 0 Å². The zero-order valence-corrected chi connectivity index (χ0v) is 16.0. The number of sulfonamides is 1. The molecule has 7 nitrogen and oxygen atoms in total. The fourth-order valence-electron chi connectivity index (χ4n) is 2.51. The highest BCUT2D eigenvalue weighted by Gasteiger charge is 2.31. The van der Waals surface area contributed by atoms with Crippen molar-refractivity contribution in [1.29, 1.82) is 0 Å². The van der Waals surface area contributed by atoms with Gasteiger partial charge in [0.1, 0.15) is 5.75 Å². The molecule has 1 amide bonds. The van der Waals surface area contributed by atoms with Gasteiger partial charge < -0.3 is 15.4 Å². The molecule has 2 rings (SSSR count). The van der Waals surface area contributed by atoms with Gasteiger partial charge in [-0.1, -0.05) is 6.92 Å². The van der Waals surface area contributed by atoms with E-state index >= 15 is 0 Å². The van der Waals surface area contributed by atoms with E-state index in [1.54, 1.807) is 0 Å². The highest BCUT2D eigenvalue weighted by Crippen LogP contribution is 2.23. The van der Waals surface area contributed by atoms with Crippen molar-refractivity contribution in [2.45, 2.75) is 30.6 Å². The molecule has 2 unspecified atom stereocenters. The van der Waals surface area contributed by atoms with Crippen molar-refractivity contribution in [2.75, 3.05) is 19.6 Å². The second-order valence-electron chi connectivity index (χ2n) is 5.99. The molecule has 2 atom stereocenters. The number of amides is 1. The second kappa shape index (κ2) is 9.58. The van der Waals surface area contributed by atoms with Crippen LogP contribution in [0.1, 0.15) is 13.3 Å². The number of alkyl halides is 3. The molecule has 1 aliphatic heterocycles. The minimum absolute atomic E-state index is 0. The molecule has 0 bridgehead atoms. The monoisotopic (exact) mass is 431 g/mol. The number of hydrogen-bond acceptors (Lipinski definition) is 5. The summed E-state index contributed by atoms with van der Waals surface area (Å²) < 4.78 is 66.4. The summed E-state index contributed by atoms with van der Waals surface area (Å²) in [6.07, 6.45) is -3.95. The van der Waals surface area contributed by atoms with Gasteiger partial charge in [-0.15, -0.1) is 25.6 Å². The Balaban J connectivity index is 0.00000364. The highest BCUT2D eigenvalue weighted by molar-refractivity contribution is 7.89. The summed E-state index contributed by atoms with van der Waals surface area (Å²) in [7, 11) is -4.03. The van der Waals surface area contributed by atoms with E-state index in [0.29, 0.717) is 6.54 Å². The van der Waals surface area contributed by atoms with Gasteiger partial charge in [-0.05, 0) is 43.1 Å². The molecular formula is C15H21ClF3N3O4S. The average molecular weight is 432 g/mol. The second-order valence-corrected chi connectivity index (χ2v) is 7.75. The Labute approximate surface area is 161 Å². The fourth-order valence-corrected chi connectivity index (χ4v) is 3.49. The Bertz CT molecular complexity index is 729. The molecule has 1 aromatic carbocycles. The van der Waals surface area contributed by atoms with Crippen LogP contribution in [-0.2, 0) is 14.8 Å². The van der Waals surface area contributed by atoms with Crippen LogP contribution in [0.3, 0.4) is 0 Å². The van der Waals surface area contributed by atoms with Crippen LogP contribution in [0.4, 0.5) is 13.2 Å². The van der Waals surface area contributed by atoms with Gasteiger partial charge in [0.2, 0.25) is 15.9 Å². The Kier molecular flexibility index (Phi) is 8.33. The quantitative estimate of drug-likeness (QED) is 0.632. The van der Waals surface area contributed by atoms with Crippen molar-refractivity contribution in [2.24, 2.45) is 5.92 Å². The number of halogens is 4. The molecule has 0 saturated carbocycles. The van der Waals surface area contributed by atoms with Crippen molar-refractivity contribution in [3.8, 4) is 5.75 Å². The van der Waals surface area contributed by atoms with Gasteiger partial charge in [-0.3, -0.25) is 4.79 Å². The van der Waals surface area contributed by atoms with E-state index in [2.05, 4.69) is 20.1 Å². The minimum Gasteiger partial charge on any atom is -0.406 e. The number of piperidine rings is 1. The number of ether oxygens (including phenoxy) is 1. The minimum atomic E-state index is -4.86. The van der Waals surface area contributed by atoms with Crippen LogP contribution < -0.4 is 20.1 Å². The first-order chi connectivity index (χ1) is 12.1. The first-order valence-electron chi connectivity index (χ1n) is 7.92. The molecule has 1 heterocycles. The third-order valence-corrected chi connectivity index (χ3v) is 5.38. The summed E-state index contributed by atoms with van der Waals surface area (Å²) in [6.45, 7) is 3.02. The van der Waals surface area contributed by atoms with Crippen molar-refractivity contribution in [3.05, 3.63) is 24.3 Å². The van der Waals surface area contributed by atoms with Gasteiger partial charge in [0.15, 0.2) is 0 Å². The summed E-state index contributed by atoms with van der Waals surface area (Å²) in [4.78, 5) is 11.7. The smallest absolute Gasteiger partial charge is 0.406 e. The molecule has 12 heteroatoms. The number of hydrogen-bond donors (Lipinski definition) is 3. The number of carbonyl (C=O) groups excluding carboxylic acids is 1. The Morgan fingerprint density at radius 1 is 1.30 bits per heavy atom. The SMILES string of the molecule is CC1CCNCC1NC(=O)CNS(=O)(=O)c1ccc(OC(F)(F)F)cc1.Cl. The van der Waals surface area contributed by atoms with Crippen LogP contribution in [0, 0.1) is 5.92 Å². The molecule has 1 saturated heterocycles. The summed E-state index contributed by atoms with van der Waals surface area (Å²) in [6, 6.07) is 3.62. The maximum absolute atomic E-state index is 12.1. The molecule has 0 spiro atoms. The maximum atomic E-state index is 12.1. The lowest BCUT2D eigenvalue weighted by atomic mass is 9.95. The zero-order valence-electron chi connectivity index (χ0n) is 14.4. The van der Waals surface area contributed by atoms with Gasteiger partial charge in [-0.2, -0.15) is 0 Å². The van der Waals surface area contributed by atoms with Crippen LogP contribution in [0.2, 0.25) is 0 Å². The summed E-state index contributed by atoms with van der Waals surface area (Å²) in [5.41, 5.74) is 0. The van der Waals surface area contributed by atoms with Crippen LogP contribution in [0.25, 0.3) is 0 Å². The van der Waals surface area contributed by atoms with Gasteiger partial charge in [0, 0.05) is 12.6 Å². The predicted molar refractivity (Wildman–Crippen MR) is 94.1 cm³/mol. The third kappa shape index (κ3) is 7.53. The lowest BCUT2D eigenvalue weighted by molar-refractivity contribution is -0.274. The zero-order chi connectivity index (χ0) is 19.4. The molecule has 0 aliphatic carbocycles. The largest absolute Gasteiger partial charge is 0.573 e. The Hall–Kier alpha value is -1.56. The number of carbonyl (C=O) groups is 1. The van der Waals surface area contributed by atoms with E-state index in [9.17, 15) is 26.4 Å². The first-order valence-corrected chi connectivity index (χ1v) is 9.41.